The third kappa shape index (κ3) is 3.83. The Balaban J connectivity index is 2.22. The van der Waals surface area contributed by atoms with Crippen LogP contribution in [-0.4, -0.2) is 22.2 Å². The van der Waals surface area contributed by atoms with Crippen LogP contribution < -0.4 is 0 Å². The average molecular weight is 305 g/mol. The largest absolute Gasteiger partial charge is 0.481 e. The molecular weight excluding hydrogens is 292 g/mol. The molecule has 0 bridgehead atoms. The molecule has 0 saturated heterocycles. The molecule has 0 spiro atoms. The summed E-state index contributed by atoms with van der Waals surface area (Å²) in [5.41, 5.74) is 1.61. The van der Waals surface area contributed by atoms with Crippen LogP contribution in [0.25, 0.3) is 0 Å². The summed E-state index contributed by atoms with van der Waals surface area (Å²) in [4.78, 5) is 22.2. The zero-order chi connectivity index (χ0) is 15.4. The van der Waals surface area contributed by atoms with E-state index in [1.54, 1.807) is 36.4 Å². The summed E-state index contributed by atoms with van der Waals surface area (Å²) in [5, 5.41) is 18.8. The van der Waals surface area contributed by atoms with Gasteiger partial charge in [0.1, 0.15) is 0 Å². The van der Waals surface area contributed by atoms with Crippen LogP contribution in [0.4, 0.5) is 0 Å². The van der Waals surface area contributed by atoms with Crippen molar-refractivity contribution in [1.82, 2.24) is 0 Å². The Hall–Kier alpha value is -2.33. The third-order valence-electron chi connectivity index (χ3n) is 3.21. The molecule has 0 aliphatic rings. The highest BCUT2D eigenvalue weighted by Crippen LogP contribution is 2.23. The van der Waals surface area contributed by atoms with Crippen LogP contribution in [0.2, 0.25) is 5.02 Å². The maximum Gasteiger partial charge on any atom is 0.335 e. The lowest BCUT2D eigenvalue weighted by molar-refractivity contribution is -0.138. The molecule has 0 heterocycles. The van der Waals surface area contributed by atoms with Crippen LogP contribution in [0.15, 0.2) is 48.5 Å². The molecule has 0 aliphatic carbocycles. The molecule has 0 saturated carbocycles. The molecule has 0 fully saturated rings. The van der Waals surface area contributed by atoms with Crippen molar-refractivity contribution in [3.63, 3.8) is 0 Å². The van der Waals surface area contributed by atoms with Gasteiger partial charge in [-0.05, 0) is 41.8 Å². The molecule has 1 atom stereocenters. The van der Waals surface area contributed by atoms with E-state index in [0.29, 0.717) is 10.6 Å². The third-order valence-corrected chi connectivity index (χ3v) is 3.46. The molecule has 1 unspecified atom stereocenters. The molecule has 0 aromatic heterocycles. The summed E-state index contributed by atoms with van der Waals surface area (Å²) < 4.78 is 0. The monoisotopic (exact) mass is 304 g/mol. The standard InChI is InChI=1S/C16H13ClO4/c17-13-7-5-11(6-8-13)14(16(20)21)9-10-1-3-12(4-2-10)15(18)19/h1-8,14H,9H2,(H,18,19)(H,20,21). The van der Waals surface area contributed by atoms with E-state index >= 15 is 0 Å². The Kier molecular flexibility index (Phi) is 4.60. The molecule has 0 radical (unpaired) electrons. The number of rotatable bonds is 5. The van der Waals surface area contributed by atoms with Crippen molar-refractivity contribution in [2.24, 2.45) is 0 Å². The van der Waals surface area contributed by atoms with E-state index in [9.17, 15) is 14.7 Å². The second-order valence-corrected chi connectivity index (χ2v) is 5.09. The minimum Gasteiger partial charge on any atom is -0.481 e. The summed E-state index contributed by atoms with van der Waals surface area (Å²) in [5.74, 6) is -2.63. The second kappa shape index (κ2) is 6.41. The van der Waals surface area contributed by atoms with Crippen LogP contribution >= 0.6 is 11.6 Å². The van der Waals surface area contributed by atoms with Gasteiger partial charge in [-0.15, -0.1) is 0 Å². The van der Waals surface area contributed by atoms with Gasteiger partial charge in [0.2, 0.25) is 0 Å². The molecule has 0 amide bonds. The van der Waals surface area contributed by atoms with E-state index in [1.807, 2.05) is 0 Å². The van der Waals surface area contributed by atoms with Gasteiger partial charge in [-0.1, -0.05) is 35.9 Å². The van der Waals surface area contributed by atoms with E-state index < -0.39 is 17.9 Å². The Morgan fingerprint density at radius 3 is 2.00 bits per heavy atom. The van der Waals surface area contributed by atoms with Crippen LogP contribution in [0.1, 0.15) is 27.4 Å². The van der Waals surface area contributed by atoms with Gasteiger partial charge < -0.3 is 10.2 Å². The molecular formula is C16H13ClO4. The van der Waals surface area contributed by atoms with Gasteiger partial charge in [0.05, 0.1) is 11.5 Å². The maximum atomic E-state index is 11.4. The lowest BCUT2D eigenvalue weighted by Gasteiger charge is -2.13. The molecule has 2 N–H and O–H groups in total. The average Bonchev–Trinajstić information content (AvgIpc) is 2.46. The fraction of sp³-hybridized carbons (Fsp3) is 0.125. The van der Waals surface area contributed by atoms with Gasteiger partial charge in [0.25, 0.3) is 0 Å². The van der Waals surface area contributed by atoms with Crippen LogP contribution in [-0.2, 0) is 11.2 Å². The number of hydrogen-bond donors (Lipinski definition) is 2. The van der Waals surface area contributed by atoms with E-state index in [0.717, 1.165) is 5.56 Å². The van der Waals surface area contributed by atoms with E-state index in [2.05, 4.69) is 0 Å². The number of benzene rings is 2. The van der Waals surface area contributed by atoms with E-state index in [-0.39, 0.29) is 12.0 Å². The number of hydrogen-bond acceptors (Lipinski definition) is 2. The Morgan fingerprint density at radius 1 is 0.952 bits per heavy atom. The highest BCUT2D eigenvalue weighted by molar-refractivity contribution is 6.30. The van der Waals surface area contributed by atoms with Gasteiger partial charge in [0.15, 0.2) is 0 Å². The number of carboxylic acid groups (broad SMARTS) is 2. The van der Waals surface area contributed by atoms with Gasteiger partial charge in [-0.25, -0.2) is 4.79 Å². The predicted molar refractivity (Wildman–Crippen MR) is 78.9 cm³/mol. The fourth-order valence-corrected chi connectivity index (χ4v) is 2.19. The molecule has 21 heavy (non-hydrogen) atoms. The van der Waals surface area contributed by atoms with Gasteiger partial charge in [0, 0.05) is 5.02 Å². The Labute approximate surface area is 126 Å². The summed E-state index contributed by atoms with van der Waals surface area (Å²) in [7, 11) is 0. The van der Waals surface area contributed by atoms with Crippen LogP contribution in [0.5, 0.6) is 0 Å². The number of aromatic carboxylic acids is 1. The van der Waals surface area contributed by atoms with Gasteiger partial charge in [-0.3, -0.25) is 4.79 Å². The van der Waals surface area contributed by atoms with E-state index in [1.165, 1.54) is 12.1 Å². The highest BCUT2D eigenvalue weighted by Gasteiger charge is 2.20. The highest BCUT2D eigenvalue weighted by atomic mass is 35.5. The summed E-state index contributed by atoms with van der Waals surface area (Å²) >= 11 is 5.80. The molecule has 2 rings (SSSR count). The summed E-state index contributed by atoms with van der Waals surface area (Å²) in [6.45, 7) is 0. The van der Waals surface area contributed by atoms with Crippen molar-refractivity contribution >= 4 is 23.5 Å². The van der Waals surface area contributed by atoms with Crippen LogP contribution in [0, 0.1) is 0 Å². The molecule has 5 heteroatoms. The van der Waals surface area contributed by atoms with Crippen molar-refractivity contribution < 1.29 is 19.8 Å². The topological polar surface area (TPSA) is 74.6 Å². The predicted octanol–water partition coefficient (Wildman–Crippen LogP) is 3.45. The second-order valence-electron chi connectivity index (χ2n) is 4.65. The van der Waals surface area contributed by atoms with Gasteiger partial charge in [-0.2, -0.15) is 0 Å². The molecule has 4 nitrogen and oxygen atoms in total. The number of aliphatic carboxylic acids is 1. The minimum absolute atomic E-state index is 0.178. The zero-order valence-electron chi connectivity index (χ0n) is 11.0. The maximum absolute atomic E-state index is 11.4. The molecule has 108 valence electrons. The molecule has 2 aromatic rings. The minimum atomic E-state index is -1.01. The number of halogens is 1. The Bertz CT molecular complexity index is 647. The smallest absolute Gasteiger partial charge is 0.335 e. The van der Waals surface area contributed by atoms with Crippen molar-refractivity contribution in [3.05, 3.63) is 70.2 Å². The van der Waals surface area contributed by atoms with Gasteiger partial charge >= 0.3 is 11.9 Å². The van der Waals surface area contributed by atoms with Crippen molar-refractivity contribution in [3.8, 4) is 0 Å². The first-order valence-electron chi connectivity index (χ1n) is 6.28. The quantitative estimate of drug-likeness (QED) is 0.887. The summed E-state index contributed by atoms with van der Waals surface area (Å²) in [6.07, 6.45) is 0.289. The number of carbonyl (C=O) groups is 2. The normalized spacial score (nSPS) is 11.9. The van der Waals surface area contributed by atoms with Crippen molar-refractivity contribution in [1.29, 1.82) is 0 Å². The van der Waals surface area contributed by atoms with E-state index in [4.69, 9.17) is 16.7 Å². The SMILES string of the molecule is O=C(O)c1ccc(CC(C(=O)O)c2ccc(Cl)cc2)cc1. The first-order valence-corrected chi connectivity index (χ1v) is 6.65. The zero-order valence-corrected chi connectivity index (χ0v) is 11.7. The summed E-state index contributed by atoms with van der Waals surface area (Å²) in [6, 6.07) is 12.9. The fourth-order valence-electron chi connectivity index (χ4n) is 2.06. The van der Waals surface area contributed by atoms with Crippen LogP contribution in [0.3, 0.4) is 0 Å². The first-order chi connectivity index (χ1) is 9.97. The lowest BCUT2D eigenvalue weighted by Crippen LogP contribution is -2.14. The lowest BCUT2D eigenvalue weighted by atomic mass is 9.92. The Morgan fingerprint density at radius 2 is 1.52 bits per heavy atom. The first kappa shape index (κ1) is 15.1. The number of carboxylic acids is 2. The van der Waals surface area contributed by atoms with Crippen molar-refractivity contribution in [2.45, 2.75) is 12.3 Å². The molecule has 0 aliphatic heterocycles. The van der Waals surface area contributed by atoms with Crippen molar-refractivity contribution in [2.75, 3.05) is 0 Å². The molecule has 2 aromatic carbocycles.